The van der Waals surface area contributed by atoms with E-state index >= 15 is 0 Å². The third kappa shape index (κ3) is 4.85. The summed E-state index contributed by atoms with van der Waals surface area (Å²) >= 11 is 0. The Morgan fingerprint density at radius 1 is 1.33 bits per heavy atom. The Kier molecular flexibility index (Phi) is 6.63. The zero-order chi connectivity index (χ0) is 18.7. The van der Waals surface area contributed by atoms with E-state index in [0.717, 1.165) is 13.8 Å². The summed E-state index contributed by atoms with van der Waals surface area (Å²) < 4.78 is 9.46. The minimum atomic E-state index is -2.82. The van der Waals surface area contributed by atoms with Crippen LogP contribution in [-0.2, 0) is 23.9 Å². The molecule has 0 radical (unpaired) electrons. The van der Waals surface area contributed by atoms with Crippen LogP contribution in [0, 0.1) is 0 Å². The number of rotatable bonds is 6. The number of carbonyl (C=O) groups is 3. The maximum atomic E-state index is 11.2. The molecule has 1 aliphatic rings. The molecule has 0 aromatic heterocycles. The molecule has 11 heteroatoms. The maximum absolute atomic E-state index is 11.2. The number of ether oxygens (including phenoxy) is 2. The van der Waals surface area contributed by atoms with E-state index in [1.165, 1.54) is 0 Å². The predicted octanol–water partition coefficient (Wildman–Crippen LogP) is -3.30. The van der Waals surface area contributed by atoms with Gasteiger partial charge in [-0.1, -0.05) is 0 Å². The molecule has 1 saturated heterocycles. The van der Waals surface area contributed by atoms with Gasteiger partial charge in [0, 0.05) is 20.3 Å². The fourth-order valence-electron chi connectivity index (χ4n) is 2.33. The molecule has 1 amide bonds. The van der Waals surface area contributed by atoms with Crippen molar-refractivity contribution in [1.82, 2.24) is 5.32 Å². The number of carboxylic acid groups (broad SMARTS) is 1. The van der Waals surface area contributed by atoms with Crippen molar-refractivity contribution in [2.24, 2.45) is 0 Å². The molecule has 0 aliphatic carbocycles. The van der Waals surface area contributed by atoms with Gasteiger partial charge in [0.15, 0.2) is 0 Å². The van der Waals surface area contributed by atoms with Crippen molar-refractivity contribution in [2.75, 3.05) is 6.61 Å². The largest absolute Gasteiger partial charge is 0.477 e. The molecule has 0 spiro atoms. The Labute approximate surface area is 136 Å². The zero-order valence-corrected chi connectivity index (χ0v) is 13.1. The van der Waals surface area contributed by atoms with Crippen LogP contribution in [0.3, 0.4) is 0 Å². The molecule has 4 unspecified atom stereocenters. The van der Waals surface area contributed by atoms with Crippen LogP contribution in [0.25, 0.3) is 0 Å². The van der Waals surface area contributed by atoms with Gasteiger partial charge in [0.05, 0.1) is 12.1 Å². The summed E-state index contributed by atoms with van der Waals surface area (Å²) in [6.07, 6.45) is -7.61. The topological polar surface area (TPSA) is 183 Å². The first-order valence-corrected chi connectivity index (χ1v) is 7.06. The van der Waals surface area contributed by atoms with Crippen molar-refractivity contribution in [2.45, 2.75) is 56.5 Å². The fourth-order valence-corrected chi connectivity index (χ4v) is 2.33. The van der Waals surface area contributed by atoms with Gasteiger partial charge >= 0.3 is 11.9 Å². The van der Waals surface area contributed by atoms with Crippen LogP contribution in [0.1, 0.15) is 20.3 Å². The number of carboxylic acids is 1. The van der Waals surface area contributed by atoms with Crippen LogP contribution in [0.2, 0.25) is 0 Å². The zero-order valence-electron chi connectivity index (χ0n) is 13.1. The molecule has 24 heavy (non-hydrogen) atoms. The number of hydrogen-bond acceptors (Lipinski definition) is 9. The monoisotopic (exact) mass is 351 g/mol. The summed E-state index contributed by atoms with van der Waals surface area (Å²) in [5, 5.41) is 51.2. The van der Waals surface area contributed by atoms with Crippen LogP contribution in [0.5, 0.6) is 0 Å². The highest BCUT2D eigenvalue weighted by Gasteiger charge is 2.53. The average molecular weight is 351 g/mol. The SMILES string of the molecule is CC(=O)NC1C(O)CC(O)(C(=O)O)OC1[C@@H](O)[C@@H](O)COC(C)=O. The van der Waals surface area contributed by atoms with Gasteiger partial charge in [0.25, 0.3) is 5.79 Å². The van der Waals surface area contributed by atoms with Gasteiger partial charge in [-0.15, -0.1) is 0 Å². The summed E-state index contributed by atoms with van der Waals surface area (Å²) in [6, 6.07) is -1.30. The minimum absolute atomic E-state index is 0.616. The van der Waals surface area contributed by atoms with Crippen molar-refractivity contribution < 1.29 is 49.4 Å². The van der Waals surface area contributed by atoms with Gasteiger partial charge in [-0.3, -0.25) is 9.59 Å². The molecule has 1 aliphatic heterocycles. The van der Waals surface area contributed by atoms with Crippen molar-refractivity contribution in [1.29, 1.82) is 0 Å². The minimum Gasteiger partial charge on any atom is -0.477 e. The quantitative estimate of drug-likeness (QED) is 0.265. The summed E-state index contributed by atoms with van der Waals surface area (Å²) in [7, 11) is 0. The number of esters is 1. The Morgan fingerprint density at radius 3 is 2.38 bits per heavy atom. The van der Waals surface area contributed by atoms with Crippen LogP contribution < -0.4 is 5.32 Å². The lowest BCUT2D eigenvalue weighted by molar-refractivity contribution is -0.295. The molecule has 6 atom stereocenters. The highest BCUT2D eigenvalue weighted by atomic mass is 16.7. The lowest BCUT2D eigenvalue weighted by atomic mass is 9.88. The third-order valence-electron chi connectivity index (χ3n) is 3.48. The Bertz CT molecular complexity index is 497. The van der Waals surface area contributed by atoms with Crippen LogP contribution in [0.15, 0.2) is 0 Å². The normalized spacial score (nSPS) is 32.5. The lowest BCUT2D eigenvalue weighted by Gasteiger charge is -2.44. The molecule has 0 aromatic rings. The van der Waals surface area contributed by atoms with E-state index in [9.17, 15) is 34.8 Å². The number of aliphatic hydroxyl groups excluding tert-OH is 3. The molecule has 0 bridgehead atoms. The molecular formula is C13H21NO10. The Hall–Kier alpha value is -1.79. The van der Waals surface area contributed by atoms with E-state index in [1.807, 2.05) is 0 Å². The number of nitrogens with one attached hydrogen (secondary N) is 1. The Balaban J connectivity index is 3.01. The molecule has 1 rings (SSSR count). The van der Waals surface area contributed by atoms with Gasteiger partial charge in [-0.25, -0.2) is 4.79 Å². The van der Waals surface area contributed by atoms with E-state index in [4.69, 9.17) is 9.84 Å². The Morgan fingerprint density at radius 2 is 1.92 bits per heavy atom. The molecule has 1 fully saturated rings. The van der Waals surface area contributed by atoms with E-state index in [-0.39, 0.29) is 0 Å². The smallest absolute Gasteiger partial charge is 0.364 e. The van der Waals surface area contributed by atoms with Gasteiger partial charge in [0.1, 0.15) is 24.9 Å². The first kappa shape index (κ1) is 20.3. The first-order chi connectivity index (χ1) is 11.0. The fraction of sp³-hybridized carbons (Fsp3) is 0.769. The van der Waals surface area contributed by atoms with Crippen LogP contribution in [-0.4, -0.2) is 86.2 Å². The highest BCUT2D eigenvalue weighted by molar-refractivity contribution is 5.76. The first-order valence-electron chi connectivity index (χ1n) is 7.06. The van der Waals surface area contributed by atoms with Crippen molar-refractivity contribution in [3.63, 3.8) is 0 Å². The van der Waals surface area contributed by atoms with E-state index < -0.39 is 67.1 Å². The summed E-state index contributed by atoms with van der Waals surface area (Å²) in [4.78, 5) is 33.1. The average Bonchev–Trinajstić information content (AvgIpc) is 2.46. The van der Waals surface area contributed by atoms with E-state index in [0.29, 0.717) is 0 Å². The number of aliphatic carboxylic acids is 1. The number of aliphatic hydroxyl groups is 4. The summed E-state index contributed by atoms with van der Waals surface area (Å²) in [6.45, 7) is 1.55. The number of carbonyl (C=O) groups excluding carboxylic acids is 2. The van der Waals surface area contributed by atoms with Gasteiger partial charge in [0.2, 0.25) is 5.91 Å². The standard InChI is InChI=1S/C13H21NO10/c1-5(15)14-9-7(17)3-13(22,12(20)21)24-11(9)10(19)8(18)4-23-6(2)16/h7-11,17-19,22H,3-4H2,1-2H3,(H,14,15)(H,20,21)/t7?,8-,9?,10-,11?,13?/m0/s1. The van der Waals surface area contributed by atoms with Crippen molar-refractivity contribution in [3.05, 3.63) is 0 Å². The summed E-state index contributed by atoms with van der Waals surface area (Å²) in [5.41, 5.74) is 0. The second-order valence-electron chi connectivity index (χ2n) is 5.53. The molecule has 1 heterocycles. The third-order valence-corrected chi connectivity index (χ3v) is 3.48. The summed E-state index contributed by atoms with van der Waals surface area (Å²) in [5.74, 6) is -5.97. The van der Waals surface area contributed by atoms with Gasteiger partial charge in [-0.2, -0.15) is 0 Å². The number of amides is 1. The second-order valence-corrected chi connectivity index (χ2v) is 5.53. The van der Waals surface area contributed by atoms with Crippen LogP contribution in [0.4, 0.5) is 0 Å². The molecule has 0 aromatic carbocycles. The lowest BCUT2D eigenvalue weighted by Crippen LogP contribution is -2.67. The van der Waals surface area contributed by atoms with E-state index in [2.05, 4.69) is 10.1 Å². The van der Waals surface area contributed by atoms with Gasteiger partial charge < -0.3 is 40.3 Å². The second kappa shape index (κ2) is 7.85. The maximum Gasteiger partial charge on any atom is 0.364 e. The van der Waals surface area contributed by atoms with Crippen LogP contribution >= 0.6 is 0 Å². The molecule has 6 N–H and O–H groups in total. The van der Waals surface area contributed by atoms with Gasteiger partial charge in [-0.05, 0) is 0 Å². The molecular weight excluding hydrogens is 330 g/mol. The number of hydrogen-bond donors (Lipinski definition) is 6. The molecule has 11 nitrogen and oxygen atoms in total. The molecule has 138 valence electrons. The van der Waals surface area contributed by atoms with Crippen molar-refractivity contribution in [3.8, 4) is 0 Å². The highest BCUT2D eigenvalue weighted by Crippen LogP contribution is 2.30. The predicted molar refractivity (Wildman–Crippen MR) is 74.3 cm³/mol. The van der Waals surface area contributed by atoms with E-state index in [1.54, 1.807) is 0 Å². The molecule has 0 saturated carbocycles. The van der Waals surface area contributed by atoms with Crippen molar-refractivity contribution >= 4 is 17.8 Å².